The number of aromatic amines is 1. The maximum absolute atomic E-state index is 13.6. The third kappa shape index (κ3) is 4.30. The summed E-state index contributed by atoms with van der Waals surface area (Å²) in [4.78, 5) is 33.6. The minimum absolute atomic E-state index is 0.106. The van der Waals surface area contributed by atoms with Crippen LogP contribution in [0.1, 0.15) is 30.4 Å². The molecule has 0 radical (unpaired) electrons. The van der Waals surface area contributed by atoms with E-state index in [1.807, 2.05) is 46.3 Å². The normalized spacial score (nSPS) is 18.2. The molecule has 170 valence electrons. The van der Waals surface area contributed by atoms with Gasteiger partial charge in [-0.15, -0.1) is 0 Å². The second kappa shape index (κ2) is 8.85. The highest BCUT2D eigenvalue weighted by atomic mass is 19.1. The van der Waals surface area contributed by atoms with Crippen LogP contribution in [0.2, 0.25) is 0 Å². The maximum atomic E-state index is 13.6. The number of benzene rings is 2. The quantitative estimate of drug-likeness (QED) is 0.604. The third-order valence-electron chi connectivity index (χ3n) is 7.12. The number of hydrogen-bond acceptors (Lipinski definition) is 2. The Kier molecular flexibility index (Phi) is 5.75. The summed E-state index contributed by atoms with van der Waals surface area (Å²) in [6, 6.07) is 14.3. The number of fused-ring (bicyclic) bond motifs is 1. The summed E-state index contributed by atoms with van der Waals surface area (Å²) in [5, 5.41) is 1.08. The molecule has 3 heterocycles. The summed E-state index contributed by atoms with van der Waals surface area (Å²) in [5.74, 6) is -0.0306. The van der Waals surface area contributed by atoms with Crippen molar-refractivity contribution >= 4 is 22.7 Å². The zero-order valence-electron chi connectivity index (χ0n) is 18.6. The van der Waals surface area contributed by atoms with Crippen molar-refractivity contribution in [1.82, 2.24) is 14.8 Å². The number of piperidine rings is 1. The van der Waals surface area contributed by atoms with Gasteiger partial charge in [-0.05, 0) is 48.6 Å². The van der Waals surface area contributed by atoms with Crippen LogP contribution in [0, 0.1) is 11.2 Å². The highest BCUT2D eigenvalue weighted by Crippen LogP contribution is 2.39. The van der Waals surface area contributed by atoms with Crippen LogP contribution in [0.25, 0.3) is 10.9 Å². The van der Waals surface area contributed by atoms with E-state index in [9.17, 15) is 14.0 Å². The SMILES string of the molecule is O=C(Cc1c[nH]c2ccccc12)N1CCC2(CC=CCN(Cc3ccc(F)cc3)C2=O)CC1. The fraction of sp³-hybridized carbons (Fsp3) is 0.333. The van der Waals surface area contributed by atoms with Gasteiger partial charge in [0.25, 0.3) is 0 Å². The number of nitrogens with one attached hydrogen (secondary N) is 1. The highest BCUT2D eigenvalue weighted by molar-refractivity contribution is 5.89. The second-order valence-electron chi connectivity index (χ2n) is 9.19. The Morgan fingerprint density at radius 3 is 2.58 bits per heavy atom. The van der Waals surface area contributed by atoms with Gasteiger partial charge in [0.2, 0.25) is 11.8 Å². The largest absolute Gasteiger partial charge is 0.361 e. The molecule has 0 saturated carbocycles. The average molecular weight is 446 g/mol. The van der Waals surface area contributed by atoms with Crippen molar-refractivity contribution in [1.29, 1.82) is 0 Å². The van der Waals surface area contributed by atoms with Crippen LogP contribution in [0.4, 0.5) is 4.39 Å². The molecular formula is C27H28FN3O2. The molecule has 2 aliphatic heterocycles. The summed E-state index contributed by atoms with van der Waals surface area (Å²) in [7, 11) is 0. The van der Waals surface area contributed by atoms with Crippen molar-refractivity contribution in [3.05, 3.63) is 83.8 Å². The molecule has 2 aromatic carbocycles. The van der Waals surface area contributed by atoms with Gasteiger partial charge in [-0.25, -0.2) is 4.39 Å². The first kappa shape index (κ1) is 21.4. The van der Waals surface area contributed by atoms with Gasteiger partial charge in [-0.3, -0.25) is 9.59 Å². The van der Waals surface area contributed by atoms with Gasteiger partial charge in [-0.1, -0.05) is 42.5 Å². The molecule has 1 spiro atoms. The van der Waals surface area contributed by atoms with Crippen LogP contribution in [-0.2, 0) is 22.6 Å². The number of para-hydroxylation sites is 1. The first-order chi connectivity index (χ1) is 16.0. The Morgan fingerprint density at radius 2 is 1.79 bits per heavy atom. The molecule has 5 rings (SSSR count). The first-order valence-corrected chi connectivity index (χ1v) is 11.6. The molecule has 33 heavy (non-hydrogen) atoms. The van der Waals surface area contributed by atoms with Gasteiger partial charge >= 0.3 is 0 Å². The number of aromatic nitrogens is 1. The summed E-state index contributed by atoms with van der Waals surface area (Å²) < 4.78 is 13.3. The number of halogens is 1. The first-order valence-electron chi connectivity index (χ1n) is 11.6. The molecule has 2 amide bonds. The second-order valence-corrected chi connectivity index (χ2v) is 9.19. The van der Waals surface area contributed by atoms with E-state index in [0.29, 0.717) is 51.9 Å². The minimum atomic E-state index is -0.468. The van der Waals surface area contributed by atoms with Crippen molar-refractivity contribution in [3.8, 4) is 0 Å². The number of carbonyl (C=O) groups is 2. The number of likely N-dealkylation sites (tertiary alicyclic amines) is 1. The molecular weight excluding hydrogens is 417 g/mol. The fourth-order valence-electron chi connectivity index (χ4n) is 5.12. The van der Waals surface area contributed by atoms with Gasteiger partial charge in [0, 0.05) is 43.3 Å². The van der Waals surface area contributed by atoms with E-state index < -0.39 is 5.41 Å². The molecule has 1 fully saturated rings. The van der Waals surface area contributed by atoms with E-state index in [1.165, 1.54) is 12.1 Å². The number of H-pyrrole nitrogens is 1. The van der Waals surface area contributed by atoms with Crippen molar-refractivity contribution in [2.45, 2.75) is 32.2 Å². The Labute approximate surface area is 192 Å². The van der Waals surface area contributed by atoms with Gasteiger partial charge in [0.15, 0.2) is 0 Å². The lowest BCUT2D eigenvalue weighted by molar-refractivity contribution is -0.147. The van der Waals surface area contributed by atoms with E-state index in [2.05, 4.69) is 11.1 Å². The van der Waals surface area contributed by atoms with Crippen molar-refractivity contribution in [3.63, 3.8) is 0 Å². The number of nitrogens with zero attached hydrogens (tertiary/aromatic N) is 2. The monoisotopic (exact) mass is 445 g/mol. The van der Waals surface area contributed by atoms with Crippen LogP contribution in [-0.4, -0.2) is 46.2 Å². The molecule has 5 nitrogen and oxygen atoms in total. The minimum Gasteiger partial charge on any atom is -0.361 e. The third-order valence-corrected chi connectivity index (χ3v) is 7.12. The Balaban J connectivity index is 1.25. The van der Waals surface area contributed by atoms with Gasteiger partial charge in [0.05, 0.1) is 11.8 Å². The summed E-state index contributed by atoms with van der Waals surface area (Å²) in [5.41, 5.74) is 2.50. The van der Waals surface area contributed by atoms with E-state index in [-0.39, 0.29) is 17.6 Å². The molecule has 1 saturated heterocycles. The number of carbonyl (C=O) groups excluding carboxylic acids is 2. The molecule has 3 aromatic rings. The van der Waals surface area contributed by atoms with E-state index in [1.54, 1.807) is 12.1 Å². The van der Waals surface area contributed by atoms with Crippen LogP contribution in [0.15, 0.2) is 66.9 Å². The molecule has 0 atom stereocenters. The highest BCUT2D eigenvalue weighted by Gasteiger charge is 2.44. The summed E-state index contributed by atoms with van der Waals surface area (Å²) in [6.07, 6.45) is 8.46. The van der Waals surface area contributed by atoms with E-state index in [0.717, 1.165) is 22.0 Å². The molecule has 0 bridgehead atoms. The van der Waals surface area contributed by atoms with Crippen molar-refractivity contribution < 1.29 is 14.0 Å². The van der Waals surface area contributed by atoms with Crippen molar-refractivity contribution in [2.75, 3.05) is 19.6 Å². The van der Waals surface area contributed by atoms with Crippen LogP contribution < -0.4 is 0 Å². The Hall–Kier alpha value is -3.41. The smallest absolute Gasteiger partial charge is 0.229 e. The molecule has 1 aromatic heterocycles. The standard InChI is InChI=1S/C27H28FN3O2/c28-22-9-7-20(8-10-22)19-31-14-4-3-11-27(26(31)33)12-15-30(16-13-27)25(32)17-21-18-29-24-6-2-1-5-23(21)24/h1-10,18,29H,11-17,19H2. The predicted molar refractivity (Wildman–Crippen MR) is 126 cm³/mol. The van der Waals surface area contributed by atoms with Crippen LogP contribution in [0.3, 0.4) is 0 Å². The molecule has 0 unspecified atom stereocenters. The number of rotatable bonds is 4. The van der Waals surface area contributed by atoms with E-state index in [4.69, 9.17) is 0 Å². The summed E-state index contributed by atoms with van der Waals surface area (Å²) >= 11 is 0. The average Bonchev–Trinajstić information content (AvgIpc) is 3.18. The molecule has 0 aliphatic carbocycles. The Bertz CT molecular complexity index is 1190. The van der Waals surface area contributed by atoms with Gasteiger partial charge in [-0.2, -0.15) is 0 Å². The van der Waals surface area contributed by atoms with Gasteiger partial charge < -0.3 is 14.8 Å². The molecule has 1 N–H and O–H groups in total. The lowest BCUT2D eigenvalue weighted by Gasteiger charge is -2.42. The van der Waals surface area contributed by atoms with Gasteiger partial charge in [0.1, 0.15) is 5.82 Å². The molecule has 2 aliphatic rings. The van der Waals surface area contributed by atoms with E-state index >= 15 is 0 Å². The predicted octanol–water partition coefficient (Wildman–Crippen LogP) is 4.45. The maximum Gasteiger partial charge on any atom is 0.229 e. The summed E-state index contributed by atoms with van der Waals surface area (Å²) in [6.45, 7) is 2.20. The zero-order chi connectivity index (χ0) is 22.8. The lowest BCUT2D eigenvalue weighted by atomic mass is 9.74. The lowest BCUT2D eigenvalue weighted by Crippen LogP contribution is -2.50. The fourth-order valence-corrected chi connectivity index (χ4v) is 5.12. The van der Waals surface area contributed by atoms with Crippen LogP contribution >= 0.6 is 0 Å². The topological polar surface area (TPSA) is 56.4 Å². The number of amides is 2. The Morgan fingerprint density at radius 1 is 1.03 bits per heavy atom. The van der Waals surface area contributed by atoms with Crippen molar-refractivity contribution in [2.24, 2.45) is 5.41 Å². The zero-order valence-corrected chi connectivity index (χ0v) is 18.6. The number of hydrogen-bond donors (Lipinski definition) is 1. The molecule has 6 heteroatoms. The van der Waals surface area contributed by atoms with Crippen LogP contribution in [0.5, 0.6) is 0 Å². The number of allylic oxidation sites excluding steroid dienone is 1.